The number of rotatable bonds is 5. The van der Waals surface area contributed by atoms with E-state index in [1.54, 1.807) is 11.3 Å². The van der Waals surface area contributed by atoms with Crippen LogP contribution < -0.4 is 0 Å². The fraction of sp³-hybridized carbons (Fsp3) is 0.600. The molecule has 1 aromatic rings. The predicted octanol–water partition coefficient (Wildman–Crippen LogP) is 6.98. The molecular formula is C25H38N4S. The van der Waals surface area contributed by atoms with Crippen molar-refractivity contribution >= 4 is 29.1 Å². The molecule has 1 fully saturated rings. The number of hydrogen-bond acceptors (Lipinski definition) is 4. The first kappa shape index (κ1) is 22.8. The van der Waals surface area contributed by atoms with Crippen LogP contribution in [0.5, 0.6) is 0 Å². The lowest BCUT2D eigenvalue weighted by Gasteiger charge is -2.33. The third kappa shape index (κ3) is 6.07. The topological polar surface area (TPSA) is 42.7 Å². The molecule has 2 atom stereocenters. The van der Waals surface area contributed by atoms with Gasteiger partial charge in [-0.25, -0.2) is 5.01 Å². The number of hydrazone groups is 1. The normalized spacial score (nSPS) is 24.6. The highest BCUT2D eigenvalue weighted by Gasteiger charge is 2.26. The van der Waals surface area contributed by atoms with Crippen molar-refractivity contribution in [1.82, 2.24) is 9.91 Å². The van der Waals surface area contributed by atoms with Crippen molar-refractivity contribution in [2.75, 3.05) is 13.1 Å². The Morgan fingerprint density at radius 2 is 1.97 bits per heavy atom. The molecule has 1 aromatic heterocycles. The Balaban J connectivity index is 1.92. The average molecular weight is 427 g/mol. The lowest BCUT2D eigenvalue weighted by atomic mass is 10.00. The van der Waals surface area contributed by atoms with Crippen molar-refractivity contribution < 1.29 is 0 Å². The SMILES string of the molecule is CCCC=NN1C(=N)C(N2CCCCC(C)CCC2)=CCC(C)C=C1c1cccs1. The van der Waals surface area contributed by atoms with E-state index >= 15 is 0 Å². The molecule has 0 radical (unpaired) electrons. The van der Waals surface area contributed by atoms with Gasteiger partial charge in [0.15, 0.2) is 5.84 Å². The van der Waals surface area contributed by atoms with E-state index in [9.17, 15) is 5.41 Å². The van der Waals surface area contributed by atoms with Gasteiger partial charge in [0.25, 0.3) is 0 Å². The van der Waals surface area contributed by atoms with Gasteiger partial charge in [-0.2, -0.15) is 5.10 Å². The van der Waals surface area contributed by atoms with Crippen molar-refractivity contribution in [3.05, 3.63) is 40.2 Å². The van der Waals surface area contributed by atoms with Gasteiger partial charge in [-0.1, -0.05) is 58.3 Å². The number of thiophene rings is 1. The van der Waals surface area contributed by atoms with Crippen LogP contribution in [0.15, 0.2) is 40.5 Å². The molecule has 1 saturated heterocycles. The molecule has 0 aromatic carbocycles. The van der Waals surface area contributed by atoms with Crippen LogP contribution in [0.25, 0.3) is 5.70 Å². The maximum Gasteiger partial charge on any atom is 0.169 e. The maximum absolute atomic E-state index is 9.20. The van der Waals surface area contributed by atoms with Crippen molar-refractivity contribution in [1.29, 1.82) is 5.41 Å². The minimum atomic E-state index is 0.409. The zero-order chi connectivity index (χ0) is 21.3. The third-order valence-corrected chi connectivity index (χ3v) is 6.93. The van der Waals surface area contributed by atoms with Gasteiger partial charge >= 0.3 is 0 Å². The van der Waals surface area contributed by atoms with Gasteiger partial charge in [0, 0.05) is 19.3 Å². The Bertz CT molecular complexity index is 762. The van der Waals surface area contributed by atoms with Crippen LogP contribution in [0.3, 0.4) is 0 Å². The third-order valence-electron chi connectivity index (χ3n) is 6.04. The summed E-state index contributed by atoms with van der Waals surface area (Å²) >= 11 is 1.72. The minimum Gasteiger partial charge on any atom is -0.369 e. The Morgan fingerprint density at radius 3 is 2.73 bits per heavy atom. The fourth-order valence-corrected chi connectivity index (χ4v) is 4.97. The number of allylic oxidation sites excluding steroid dienone is 2. The summed E-state index contributed by atoms with van der Waals surface area (Å²) in [5.74, 6) is 1.74. The van der Waals surface area contributed by atoms with Gasteiger partial charge in [-0.3, -0.25) is 5.41 Å². The van der Waals surface area contributed by atoms with Gasteiger partial charge < -0.3 is 4.90 Å². The Morgan fingerprint density at radius 1 is 1.17 bits per heavy atom. The predicted molar refractivity (Wildman–Crippen MR) is 131 cm³/mol. The molecule has 0 aliphatic carbocycles. The van der Waals surface area contributed by atoms with Crippen LogP contribution in [-0.2, 0) is 0 Å². The van der Waals surface area contributed by atoms with Gasteiger partial charge in [0.05, 0.1) is 16.3 Å². The quantitative estimate of drug-likeness (QED) is 0.516. The van der Waals surface area contributed by atoms with Gasteiger partial charge in [0.2, 0.25) is 0 Å². The molecule has 164 valence electrons. The largest absolute Gasteiger partial charge is 0.369 e. The number of hydrogen-bond donors (Lipinski definition) is 1. The maximum atomic E-state index is 9.20. The van der Waals surface area contributed by atoms with Gasteiger partial charge in [-0.05, 0) is 55.4 Å². The van der Waals surface area contributed by atoms with Crippen LogP contribution in [0.1, 0.15) is 77.0 Å². The first-order chi connectivity index (χ1) is 14.6. The van der Waals surface area contributed by atoms with E-state index < -0.39 is 0 Å². The van der Waals surface area contributed by atoms with Crippen LogP contribution in [-0.4, -0.2) is 35.0 Å². The van der Waals surface area contributed by atoms with E-state index in [1.807, 2.05) is 11.2 Å². The zero-order valence-electron chi connectivity index (χ0n) is 18.9. The van der Waals surface area contributed by atoms with E-state index in [0.29, 0.717) is 11.8 Å². The summed E-state index contributed by atoms with van der Waals surface area (Å²) in [6, 6.07) is 4.23. The highest BCUT2D eigenvalue weighted by atomic mass is 32.1. The van der Waals surface area contributed by atoms with Crippen molar-refractivity contribution in [3.8, 4) is 0 Å². The molecule has 30 heavy (non-hydrogen) atoms. The van der Waals surface area contributed by atoms with E-state index in [0.717, 1.165) is 49.7 Å². The highest BCUT2D eigenvalue weighted by molar-refractivity contribution is 7.11. The second-order valence-electron chi connectivity index (χ2n) is 8.81. The van der Waals surface area contributed by atoms with Crippen molar-refractivity contribution in [2.24, 2.45) is 16.9 Å². The van der Waals surface area contributed by atoms with Crippen LogP contribution in [0, 0.1) is 17.2 Å². The molecule has 0 bridgehead atoms. The smallest absolute Gasteiger partial charge is 0.169 e. The lowest BCUT2D eigenvalue weighted by molar-refractivity contribution is 0.340. The summed E-state index contributed by atoms with van der Waals surface area (Å²) in [5.41, 5.74) is 2.12. The molecule has 3 rings (SSSR count). The zero-order valence-corrected chi connectivity index (χ0v) is 19.8. The van der Waals surface area contributed by atoms with E-state index in [2.05, 4.69) is 55.3 Å². The molecule has 2 unspecified atom stereocenters. The molecule has 3 heterocycles. The highest BCUT2D eigenvalue weighted by Crippen LogP contribution is 2.31. The van der Waals surface area contributed by atoms with E-state index in [4.69, 9.17) is 5.10 Å². The van der Waals surface area contributed by atoms with Crippen LogP contribution in [0.4, 0.5) is 0 Å². The second kappa shape index (κ2) is 11.5. The summed E-state index contributed by atoms with van der Waals surface area (Å²) < 4.78 is 0. The van der Waals surface area contributed by atoms with Crippen molar-refractivity contribution in [2.45, 2.75) is 72.1 Å². The Hall–Kier alpha value is -1.88. The van der Waals surface area contributed by atoms with E-state index in [-0.39, 0.29) is 0 Å². The van der Waals surface area contributed by atoms with Gasteiger partial charge in [0.1, 0.15) is 0 Å². The summed E-state index contributed by atoms with van der Waals surface area (Å²) in [6.45, 7) is 8.90. The minimum absolute atomic E-state index is 0.409. The number of amidine groups is 1. The summed E-state index contributed by atoms with van der Waals surface area (Å²) in [7, 11) is 0. The standard InChI is InChI=1S/C25H38N4S/c1-4-5-15-27-29-23(24-12-9-18-30-24)19-21(3)13-14-22(25(29)26)28-16-7-6-10-20(2)11-8-17-28/h9,12,14-15,18-21,26H,4-8,10-11,13,16-17H2,1-3H3. The number of nitrogens with one attached hydrogen (secondary N) is 1. The molecule has 2 aliphatic heterocycles. The van der Waals surface area contributed by atoms with Gasteiger partial charge in [-0.15, -0.1) is 11.3 Å². The number of nitrogens with zero attached hydrogens (tertiary/aromatic N) is 3. The van der Waals surface area contributed by atoms with E-state index in [1.165, 1.54) is 37.0 Å². The summed E-state index contributed by atoms with van der Waals surface area (Å²) in [6.07, 6.45) is 15.8. The second-order valence-corrected chi connectivity index (χ2v) is 9.76. The molecule has 1 N–H and O–H groups in total. The molecule has 0 saturated carbocycles. The number of unbranched alkanes of at least 4 members (excludes halogenated alkanes) is 1. The molecule has 0 amide bonds. The molecule has 2 aliphatic rings. The first-order valence-electron chi connectivity index (χ1n) is 11.7. The first-order valence-corrected chi connectivity index (χ1v) is 12.6. The lowest BCUT2D eigenvalue weighted by Crippen LogP contribution is -2.37. The summed E-state index contributed by atoms with van der Waals surface area (Å²) in [4.78, 5) is 3.65. The molecule has 4 nitrogen and oxygen atoms in total. The Labute approximate surface area is 186 Å². The molecular weight excluding hydrogens is 388 g/mol. The fourth-order valence-electron chi connectivity index (χ4n) is 4.23. The summed E-state index contributed by atoms with van der Waals surface area (Å²) in [5, 5.41) is 18.0. The molecule has 0 spiro atoms. The van der Waals surface area contributed by atoms with Crippen LogP contribution in [0.2, 0.25) is 0 Å². The average Bonchev–Trinajstić information content (AvgIpc) is 3.28. The van der Waals surface area contributed by atoms with Crippen molar-refractivity contribution in [3.63, 3.8) is 0 Å². The molecule has 5 heteroatoms. The van der Waals surface area contributed by atoms with Crippen LogP contribution >= 0.6 is 11.3 Å². The Kier molecular flexibility index (Phi) is 8.74. The monoisotopic (exact) mass is 426 g/mol.